The van der Waals surface area contributed by atoms with Gasteiger partial charge in [0.25, 0.3) is 0 Å². The van der Waals surface area contributed by atoms with Gasteiger partial charge in [-0.25, -0.2) is 8.42 Å². The molecule has 0 heterocycles. The number of carbonyl (C=O) groups excluding carboxylic acids is 1. The van der Waals surface area contributed by atoms with Crippen molar-refractivity contribution in [1.29, 1.82) is 0 Å². The van der Waals surface area contributed by atoms with Crippen LogP contribution in [0.5, 0.6) is 0 Å². The van der Waals surface area contributed by atoms with Crippen LogP contribution in [-0.2, 0) is 14.6 Å². The van der Waals surface area contributed by atoms with Crippen molar-refractivity contribution in [3.05, 3.63) is 29.3 Å². The predicted molar refractivity (Wildman–Crippen MR) is 82.7 cm³/mol. The zero-order chi connectivity index (χ0) is 16.3. The van der Waals surface area contributed by atoms with Crippen molar-refractivity contribution in [2.45, 2.75) is 25.5 Å². The summed E-state index contributed by atoms with van der Waals surface area (Å²) in [7, 11) is -3.51. The summed E-state index contributed by atoms with van der Waals surface area (Å²) in [5.41, 5.74) is 2.07. The van der Waals surface area contributed by atoms with Gasteiger partial charge in [0.2, 0.25) is 5.91 Å². The molecule has 0 atom stereocenters. The van der Waals surface area contributed by atoms with Crippen molar-refractivity contribution < 1.29 is 18.3 Å². The van der Waals surface area contributed by atoms with Gasteiger partial charge in [0, 0.05) is 17.5 Å². The maximum atomic E-state index is 12.1. The molecule has 0 spiro atoms. The first kappa shape index (κ1) is 17.2. The number of aliphatic hydroxyl groups excluding tert-OH is 1. The number of sulfone groups is 1. The first-order valence-corrected chi connectivity index (χ1v) is 8.20. The highest BCUT2D eigenvalue weighted by atomic mass is 32.2. The summed E-state index contributed by atoms with van der Waals surface area (Å²) in [5.74, 6) is 4.75. The summed E-state index contributed by atoms with van der Waals surface area (Å²) in [6, 6.07) is 5.06. The highest BCUT2D eigenvalue weighted by Gasteiger charge is 2.38. The van der Waals surface area contributed by atoms with Gasteiger partial charge in [0.15, 0.2) is 9.84 Å². The first-order valence-electron chi connectivity index (χ1n) is 6.31. The zero-order valence-corrected chi connectivity index (χ0v) is 13.3. The third-order valence-electron chi connectivity index (χ3n) is 3.26. The van der Waals surface area contributed by atoms with Crippen molar-refractivity contribution in [2.24, 2.45) is 0 Å². The molecule has 0 aliphatic carbocycles. The maximum absolute atomic E-state index is 12.1. The monoisotopic (exact) mass is 309 g/mol. The molecule has 1 aromatic carbocycles. The highest BCUT2D eigenvalue weighted by Crippen LogP contribution is 2.20. The van der Waals surface area contributed by atoms with Gasteiger partial charge < -0.3 is 10.4 Å². The Labute approximate surface area is 125 Å². The Morgan fingerprint density at radius 3 is 2.48 bits per heavy atom. The average Bonchev–Trinajstić information content (AvgIpc) is 2.36. The lowest BCUT2D eigenvalue weighted by Crippen LogP contribution is -2.43. The van der Waals surface area contributed by atoms with Crippen LogP contribution in [0.15, 0.2) is 18.2 Å². The van der Waals surface area contributed by atoms with Crippen molar-refractivity contribution >= 4 is 21.4 Å². The molecule has 0 aliphatic heterocycles. The Bertz CT molecular complexity index is 709. The van der Waals surface area contributed by atoms with Gasteiger partial charge in [-0.3, -0.25) is 4.79 Å². The standard InChI is InChI=1S/C15H19NO4S/c1-11-10-13(8-7-12(11)6-5-9-17)16-14(18)15(2,3)21(4,19)20/h7-8,10,17H,9H2,1-4H3,(H,16,18). The Hall–Kier alpha value is -1.84. The van der Waals surface area contributed by atoms with E-state index in [1.165, 1.54) is 13.8 Å². The summed E-state index contributed by atoms with van der Waals surface area (Å²) in [6.45, 7) is 4.33. The molecule has 1 aromatic rings. The summed E-state index contributed by atoms with van der Waals surface area (Å²) in [4.78, 5) is 12.1. The summed E-state index contributed by atoms with van der Waals surface area (Å²) in [5, 5.41) is 11.3. The molecule has 0 aromatic heterocycles. The number of benzene rings is 1. The van der Waals surface area contributed by atoms with Crippen LogP contribution in [0.2, 0.25) is 0 Å². The van der Waals surface area contributed by atoms with Gasteiger partial charge in [-0.1, -0.05) is 11.8 Å². The van der Waals surface area contributed by atoms with E-state index in [2.05, 4.69) is 17.2 Å². The number of amides is 1. The topological polar surface area (TPSA) is 83.5 Å². The maximum Gasteiger partial charge on any atom is 0.245 e. The van der Waals surface area contributed by atoms with Gasteiger partial charge >= 0.3 is 0 Å². The normalized spacial score (nSPS) is 11.5. The second-order valence-electron chi connectivity index (χ2n) is 5.23. The molecule has 0 bridgehead atoms. The second kappa shape index (κ2) is 6.29. The zero-order valence-electron chi connectivity index (χ0n) is 12.5. The third-order valence-corrected chi connectivity index (χ3v) is 5.30. The molecule has 6 heteroatoms. The average molecular weight is 309 g/mol. The van der Waals surface area contributed by atoms with Crippen LogP contribution in [0.4, 0.5) is 5.69 Å². The summed E-state index contributed by atoms with van der Waals surface area (Å²) >= 11 is 0. The minimum Gasteiger partial charge on any atom is -0.384 e. The van der Waals surface area contributed by atoms with E-state index in [0.717, 1.165) is 17.4 Å². The Morgan fingerprint density at radius 1 is 1.38 bits per heavy atom. The van der Waals surface area contributed by atoms with Crippen LogP contribution < -0.4 is 5.32 Å². The fourth-order valence-electron chi connectivity index (χ4n) is 1.47. The molecule has 2 N–H and O–H groups in total. The van der Waals surface area contributed by atoms with Crippen LogP contribution in [0.25, 0.3) is 0 Å². The number of carbonyl (C=O) groups is 1. The molecule has 1 amide bonds. The summed E-state index contributed by atoms with van der Waals surface area (Å²) in [6.07, 6.45) is 1.03. The second-order valence-corrected chi connectivity index (χ2v) is 7.79. The lowest BCUT2D eigenvalue weighted by atomic mass is 10.1. The lowest BCUT2D eigenvalue weighted by molar-refractivity contribution is -0.117. The molecule has 5 nitrogen and oxygen atoms in total. The molecule has 21 heavy (non-hydrogen) atoms. The fraction of sp³-hybridized carbons (Fsp3) is 0.400. The fourth-order valence-corrected chi connectivity index (χ4v) is 1.85. The molecule has 0 fully saturated rings. The lowest BCUT2D eigenvalue weighted by Gasteiger charge is -2.21. The molecular formula is C15H19NO4S. The minimum absolute atomic E-state index is 0.222. The quantitative estimate of drug-likeness (QED) is 0.819. The van der Waals surface area contributed by atoms with Crippen molar-refractivity contribution in [2.75, 3.05) is 18.2 Å². The molecule has 114 valence electrons. The van der Waals surface area contributed by atoms with E-state index < -0.39 is 20.5 Å². The van der Waals surface area contributed by atoms with E-state index in [9.17, 15) is 13.2 Å². The highest BCUT2D eigenvalue weighted by molar-refractivity contribution is 7.92. The predicted octanol–water partition coefficient (Wildman–Crippen LogP) is 1.10. The molecule has 0 aliphatic rings. The van der Waals surface area contributed by atoms with Crippen LogP contribution in [0.3, 0.4) is 0 Å². The smallest absolute Gasteiger partial charge is 0.245 e. The Balaban J connectivity index is 3.00. The summed E-state index contributed by atoms with van der Waals surface area (Å²) < 4.78 is 21.7. The van der Waals surface area contributed by atoms with E-state index in [-0.39, 0.29) is 6.61 Å². The largest absolute Gasteiger partial charge is 0.384 e. The van der Waals surface area contributed by atoms with E-state index in [1.54, 1.807) is 18.2 Å². The number of nitrogens with one attached hydrogen (secondary N) is 1. The van der Waals surface area contributed by atoms with Gasteiger partial charge in [-0.05, 0) is 44.5 Å². The number of anilines is 1. The Morgan fingerprint density at radius 2 is 2.00 bits per heavy atom. The number of hydrogen-bond donors (Lipinski definition) is 2. The molecule has 0 saturated heterocycles. The third kappa shape index (κ3) is 4.06. The minimum atomic E-state index is -3.51. The van der Waals surface area contributed by atoms with Crippen LogP contribution in [-0.4, -0.2) is 37.0 Å². The van der Waals surface area contributed by atoms with E-state index >= 15 is 0 Å². The number of aliphatic hydroxyl groups is 1. The van der Waals surface area contributed by atoms with Crippen LogP contribution in [0.1, 0.15) is 25.0 Å². The van der Waals surface area contributed by atoms with Gasteiger partial charge in [-0.15, -0.1) is 0 Å². The van der Waals surface area contributed by atoms with Gasteiger partial charge in [0.05, 0.1) is 0 Å². The van der Waals surface area contributed by atoms with Gasteiger partial charge in [-0.2, -0.15) is 0 Å². The number of hydrogen-bond acceptors (Lipinski definition) is 4. The molecule has 0 saturated carbocycles. The molecule has 0 radical (unpaired) electrons. The van der Waals surface area contributed by atoms with Crippen LogP contribution in [0, 0.1) is 18.8 Å². The van der Waals surface area contributed by atoms with Crippen molar-refractivity contribution in [1.82, 2.24) is 0 Å². The SMILES string of the molecule is Cc1cc(NC(=O)C(C)(C)S(C)(=O)=O)ccc1C#CCO. The molecule has 1 rings (SSSR count). The number of aryl methyl sites for hydroxylation is 1. The molecule has 0 unspecified atom stereocenters. The van der Waals surface area contributed by atoms with E-state index in [0.29, 0.717) is 5.69 Å². The van der Waals surface area contributed by atoms with Crippen molar-refractivity contribution in [3.8, 4) is 11.8 Å². The van der Waals surface area contributed by atoms with E-state index in [1.807, 2.05) is 6.92 Å². The molecular weight excluding hydrogens is 290 g/mol. The van der Waals surface area contributed by atoms with E-state index in [4.69, 9.17) is 5.11 Å². The Kier molecular flexibility index (Phi) is 5.15. The van der Waals surface area contributed by atoms with Gasteiger partial charge in [0.1, 0.15) is 11.4 Å². The van der Waals surface area contributed by atoms with Crippen LogP contribution >= 0.6 is 0 Å². The first-order chi connectivity index (χ1) is 9.59. The number of rotatable bonds is 3. The van der Waals surface area contributed by atoms with Crippen molar-refractivity contribution in [3.63, 3.8) is 0 Å².